The summed E-state index contributed by atoms with van der Waals surface area (Å²) in [5.41, 5.74) is 6.90. The predicted molar refractivity (Wildman–Crippen MR) is 77.4 cm³/mol. The molecule has 0 unspecified atom stereocenters. The zero-order valence-corrected chi connectivity index (χ0v) is 12.4. The van der Waals surface area contributed by atoms with Crippen LogP contribution in [0.3, 0.4) is 0 Å². The van der Waals surface area contributed by atoms with Gasteiger partial charge in [-0.15, -0.1) is 0 Å². The van der Waals surface area contributed by atoms with Gasteiger partial charge in [0.05, 0.1) is 6.04 Å². The first-order valence-electron chi connectivity index (χ1n) is 5.55. The Labute approximate surface area is 118 Å². The zero-order valence-electron chi connectivity index (χ0n) is 9.97. The van der Waals surface area contributed by atoms with Gasteiger partial charge in [-0.1, -0.05) is 33.2 Å². The van der Waals surface area contributed by atoms with E-state index in [0.29, 0.717) is 11.7 Å². The summed E-state index contributed by atoms with van der Waals surface area (Å²) in [6.45, 7) is 0. The lowest BCUT2D eigenvalue weighted by atomic mass is 10.2. The van der Waals surface area contributed by atoms with Crippen LogP contribution in [0, 0.1) is 0 Å². The highest BCUT2D eigenvalue weighted by molar-refractivity contribution is 9.10. The van der Waals surface area contributed by atoms with Crippen molar-refractivity contribution in [3.63, 3.8) is 0 Å². The fourth-order valence-electron chi connectivity index (χ4n) is 1.51. The summed E-state index contributed by atoms with van der Waals surface area (Å²) in [6.07, 6.45) is 2.88. The number of nitrogens with two attached hydrogens (primary N) is 1. The molecule has 2 aromatic rings. The van der Waals surface area contributed by atoms with Crippen molar-refractivity contribution in [2.45, 2.75) is 12.5 Å². The summed E-state index contributed by atoms with van der Waals surface area (Å²) < 4.78 is 6.16. The van der Waals surface area contributed by atoms with Crippen LogP contribution < -0.4 is 5.73 Å². The highest BCUT2D eigenvalue weighted by atomic mass is 79.9. The molecule has 0 aliphatic carbocycles. The number of halogens is 1. The highest BCUT2D eigenvalue weighted by Crippen LogP contribution is 2.26. The summed E-state index contributed by atoms with van der Waals surface area (Å²) in [7, 11) is 0. The second kappa shape index (κ2) is 6.36. The molecule has 0 amide bonds. The first-order valence-corrected chi connectivity index (χ1v) is 7.74. The molecule has 1 heterocycles. The Morgan fingerprint density at radius 3 is 2.94 bits per heavy atom. The number of thioether (sulfide) groups is 1. The van der Waals surface area contributed by atoms with Crippen molar-refractivity contribution in [3.05, 3.63) is 34.6 Å². The van der Waals surface area contributed by atoms with Gasteiger partial charge in [0.2, 0.25) is 11.7 Å². The second-order valence-corrected chi connectivity index (χ2v) is 5.66. The summed E-state index contributed by atoms with van der Waals surface area (Å²) in [6, 6.07) is 7.56. The van der Waals surface area contributed by atoms with Crippen molar-refractivity contribution >= 4 is 27.7 Å². The average Bonchev–Trinajstić information content (AvgIpc) is 2.86. The van der Waals surface area contributed by atoms with Gasteiger partial charge in [0.25, 0.3) is 0 Å². The van der Waals surface area contributed by atoms with Gasteiger partial charge in [-0.25, -0.2) is 0 Å². The van der Waals surface area contributed by atoms with E-state index in [1.54, 1.807) is 11.8 Å². The van der Waals surface area contributed by atoms with E-state index in [2.05, 4.69) is 26.1 Å². The molecule has 0 saturated heterocycles. The van der Waals surface area contributed by atoms with Gasteiger partial charge >= 0.3 is 0 Å². The quantitative estimate of drug-likeness (QED) is 0.913. The van der Waals surface area contributed by atoms with Gasteiger partial charge < -0.3 is 10.3 Å². The van der Waals surface area contributed by atoms with E-state index in [4.69, 9.17) is 10.3 Å². The number of hydrogen-bond acceptors (Lipinski definition) is 5. The summed E-state index contributed by atoms with van der Waals surface area (Å²) in [5, 5.41) is 3.97. The maximum Gasteiger partial charge on any atom is 0.243 e. The molecule has 0 spiro atoms. The molecular formula is C12H14BrN3OS. The largest absolute Gasteiger partial charge is 0.337 e. The van der Waals surface area contributed by atoms with Crippen LogP contribution in [0.2, 0.25) is 0 Å². The Morgan fingerprint density at radius 1 is 1.44 bits per heavy atom. The molecule has 1 aromatic heterocycles. The maximum absolute atomic E-state index is 5.99. The molecule has 96 valence electrons. The molecule has 1 atom stereocenters. The van der Waals surface area contributed by atoms with Crippen molar-refractivity contribution in [1.82, 2.24) is 10.1 Å². The van der Waals surface area contributed by atoms with Crippen LogP contribution in [0.4, 0.5) is 0 Å². The first-order chi connectivity index (χ1) is 8.72. The summed E-state index contributed by atoms with van der Waals surface area (Å²) >= 11 is 5.22. The van der Waals surface area contributed by atoms with Crippen LogP contribution in [0.5, 0.6) is 0 Å². The summed E-state index contributed by atoms with van der Waals surface area (Å²) in [5.74, 6) is 2.04. The molecule has 0 bridgehead atoms. The molecule has 0 aliphatic rings. The Kier molecular flexibility index (Phi) is 4.79. The number of nitrogens with zero attached hydrogens (tertiary/aromatic N) is 2. The maximum atomic E-state index is 5.99. The van der Waals surface area contributed by atoms with Crippen molar-refractivity contribution in [3.8, 4) is 11.4 Å². The van der Waals surface area contributed by atoms with Crippen LogP contribution in [0.1, 0.15) is 18.4 Å². The lowest BCUT2D eigenvalue weighted by Crippen LogP contribution is -2.11. The third-order valence-corrected chi connectivity index (χ3v) is 3.84. The predicted octanol–water partition coefficient (Wildman–Crippen LogP) is 3.25. The van der Waals surface area contributed by atoms with Crippen LogP contribution >= 0.6 is 27.7 Å². The Bertz CT molecular complexity index is 518. The summed E-state index contributed by atoms with van der Waals surface area (Å²) in [4.78, 5) is 4.35. The van der Waals surface area contributed by atoms with Gasteiger partial charge in [0.1, 0.15) is 0 Å². The van der Waals surface area contributed by atoms with E-state index >= 15 is 0 Å². The zero-order chi connectivity index (χ0) is 13.0. The molecule has 4 nitrogen and oxygen atoms in total. The van der Waals surface area contributed by atoms with E-state index in [1.807, 2.05) is 30.5 Å². The fourth-order valence-corrected chi connectivity index (χ4v) is 2.46. The molecule has 0 saturated carbocycles. The smallest absolute Gasteiger partial charge is 0.243 e. The molecular weight excluding hydrogens is 314 g/mol. The number of aromatic nitrogens is 2. The van der Waals surface area contributed by atoms with Gasteiger partial charge in [-0.05, 0) is 30.6 Å². The molecule has 6 heteroatoms. The lowest BCUT2D eigenvalue weighted by Gasteiger charge is -2.03. The second-order valence-electron chi connectivity index (χ2n) is 3.82. The molecule has 0 radical (unpaired) electrons. The Hall–Kier alpha value is -0.850. The van der Waals surface area contributed by atoms with E-state index in [9.17, 15) is 0 Å². The minimum atomic E-state index is -0.193. The van der Waals surface area contributed by atoms with Crippen LogP contribution in [-0.4, -0.2) is 22.1 Å². The van der Waals surface area contributed by atoms with Gasteiger partial charge in [-0.2, -0.15) is 16.7 Å². The molecule has 0 fully saturated rings. The minimum Gasteiger partial charge on any atom is -0.337 e. The standard InChI is InChI=1S/C12H14BrN3OS/c1-18-7-6-10(14)12-15-11(16-17-12)8-4-2-3-5-9(8)13/h2-5,10H,6-7,14H2,1H3/t10-/m0/s1. The Morgan fingerprint density at radius 2 is 2.22 bits per heavy atom. The SMILES string of the molecule is CSCC[C@H](N)c1nc(-c2ccccc2Br)no1. The molecule has 18 heavy (non-hydrogen) atoms. The third kappa shape index (κ3) is 3.13. The molecule has 1 aromatic carbocycles. The normalized spacial score (nSPS) is 12.6. The lowest BCUT2D eigenvalue weighted by molar-refractivity contribution is 0.353. The monoisotopic (exact) mass is 327 g/mol. The molecule has 2 rings (SSSR count). The first kappa shape index (κ1) is 13.6. The number of rotatable bonds is 5. The average molecular weight is 328 g/mol. The van der Waals surface area contributed by atoms with E-state index in [1.165, 1.54) is 0 Å². The van der Waals surface area contributed by atoms with Crippen LogP contribution in [0.15, 0.2) is 33.3 Å². The van der Waals surface area contributed by atoms with E-state index < -0.39 is 0 Å². The van der Waals surface area contributed by atoms with Crippen LogP contribution in [0.25, 0.3) is 11.4 Å². The topological polar surface area (TPSA) is 64.9 Å². The minimum absolute atomic E-state index is 0.193. The number of hydrogen-bond donors (Lipinski definition) is 1. The van der Waals surface area contributed by atoms with E-state index in [-0.39, 0.29) is 6.04 Å². The van der Waals surface area contributed by atoms with Gasteiger partial charge in [-0.3, -0.25) is 0 Å². The van der Waals surface area contributed by atoms with Crippen molar-refractivity contribution in [2.75, 3.05) is 12.0 Å². The van der Waals surface area contributed by atoms with E-state index in [0.717, 1.165) is 22.2 Å². The Balaban J connectivity index is 2.18. The van der Waals surface area contributed by atoms with Crippen molar-refractivity contribution in [2.24, 2.45) is 5.73 Å². The molecule has 2 N–H and O–H groups in total. The van der Waals surface area contributed by atoms with Gasteiger partial charge in [0, 0.05) is 10.0 Å². The number of benzene rings is 1. The third-order valence-electron chi connectivity index (χ3n) is 2.51. The highest BCUT2D eigenvalue weighted by Gasteiger charge is 2.16. The van der Waals surface area contributed by atoms with Gasteiger partial charge in [0.15, 0.2) is 0 Å². The molecule has 0 aliphatic heterocycles. The van der Waals surface area contributed by atoms with Crippen LogP contribution in [-0.2, 0) is 0 Å². The van der Waals surface area contributed by atoms with Crippen molar-refractivity contribution in [1.29, 1.82) is 0 Å². The van der Waals surface area contributed by atoms with Crippen molar-refractivity contribution < 1.29 is 4.52 Å². The fraction of sp³-hybridized carbons (Fsp3) is 0.333.